The van der Waals surface area contributed by atoms with Crippen molar-refractivity contribution in [1.29, 1.82) is 0 Å². The highest BCUT2D eigenvalue weighted by Crippen LogP contribution is 2.32. The Balaban J connectivity index is 1.73. The molecule has 150 valence electrons. The third-order valence-corrected chi connectivity index (χ3v) is 4.82. The minimum absolute atomic E-state index is 0.00340. The van der Waals surface area contributed by atoms with Gasteiger partial charge >= 0.3 is 0 Å². The average molecular weight is 412 g/mol. The molecule has 1 amide bonds. The van der Waals surface area contributed by atoms with Crippen molar-refractivity contribution >= 4 is 17.5 Å². The Morgan fingerprint density at radius 3 is 2.55 bits per heavy atom. The van der Waals surface area contributed by atoms with Crippen LogP contribution in [0.15, 0.2) is 60.4 Å². The topological polar surface area (TPSA) is 67.8 Å². The molecule has 0 unspecified atom stereocenters. The Labute approximate surface area is 175 Å². The molecule has 0 fully saturated rings. The monoisotopic (exact) mass is 411 g/mol. The molecule has 2 N–H and O–H groups in total. The van der Waals surface area contributed by atoms with Gasteiger partial charge in [0.1, 0.15) is 0 Å². The Morgan fingerprint density at radius 2 is 1.90 bits per heavy atom. The van der Waals surface area contributed by atoms with Gasteiger partial charge in [0.15, 0.2) is 5.76 Å². The Kier molecular flexibility index (Phi) is 7.31. The number of nitrogens with one attached hydrogen (secondary N) is 1. The molecule has 6 heteroatoms. The maximum Gasteiger partial charge on any atom is 0.286 e. The van der Waals surface area contributed by atoms with Gasteiger partial charge < -0.3 is 19.9 Å². The summed E-state index contributed by atoms with van der Waals surface area (Å²) in [6.07, 6.45) is 6.97. The maximum atomic E-state index is 12.4. The number of ether oxygens (including phenoxy) is 2. The van der Waals surface area contributed by atoms with Gasteiger partial charge in [-0.2, -0.15) is 0 Å². The number of carbonyl (C=O) groups excluding carboxylic acids is 1. The Morgan fingerprint density at radius 1 is 1.21 bits per heavy atom. The normalized spacial score (nSPS) is 18.3. The molecule has 3 rings (SSSR count). The smallest absolute Gasteiger partial charge is 0.286 e. The number of allylic oxidation sites excluding steroid dienone is 1. The molecule has 0 saturated heterocycles. The molecule has 0 bridgehead atoms. The van der Waals surface area contributed by atoms with Gasteiger partial charge in [-0.05, 0) is 34.9 Å². The van der Waals surface area contributed by atoms with Gasteiger partial charge in [0, 0.05) is 17.4 Å². The minimum Gasteiger partial charge on any atom is -0.459 e. The molecule has 1 aliphatic rings. The summed E-state index contributed by atoms with van der Waals surface area (Å²) in [5.74, 6) is 2.13. The second kappa shape index (κ2) is 10.1. The molecule has 0 radical (unpaired) electrons. The molecule has 2 aromatic rings. The van der Waals surface area contributed by atoms with E-state index < -0.39 is 6.29 Å². The number of aliphatic hydroxyl groups is 1. The van der Waals surface area contributed by atoms with Crippen molar-refractivity contribution in [3.63, 3.8) is 0 Å². The van der Waals surface area contributed by atoms with Crippen molar-refractivity contribution in [2.24, 2.45) is 0 Å². The van der Waals surface area contributed by atoms with Gasteiger partial charge in [-0.25, -0.2) is 0 Å². The van der Waals surface area contributed by atoms with Crippen LogP contribution in [0.4, 0.5) is 0 Å². The van der Waals surface area contributed by atoms with E-state index in [4.69, 9.17) is 32.6 Å². The largest absolute Gasteiger partial charge is 0.459 e. The van der Waals surface area contributed by atoms with Gasteiger partial charge in [0.25, 0.3) is 5.91 Å². The number of hydrogen-bond acceptors (Lipinski definition) is 4. The number of aliphatic hydroxyl groups excluding tert-OH is 1. The van der Waals surface area contributed by atoms with E-state index in [0.717, 1.165) is 16.7 Å². The second-order valence-corrected chi connectivity index (χ2v) is 7.08. The first-order valence-corrected chi connectivity index (χ1v) is 9.62. The third kappa shape index (κ3) is 5.85. The number of benzene rings is 2. The van der Waals surface area contributed by atoms with E-state index >= 15 is 0 Å². The summed E-state index contributed by atoms with van der Waals surface area (Å²) in [4.78, 5) is 12.4. The summed E-state index contributed by atoms with van der Waals surface area (Å²) in [6, 6.07) is 15.0. The lowest BCUT2D eigenvalue weighted by atomic mass is 9.93. The summed E-state index contributed by atoms with van der Waals surface area (Å²) < 4.78 is 11.7. The van der Waals surface area contributed by atoms with Crippen molar-refractivity contribution in [2.45, 2.75) is 31.8 Å². The van der Waals surface area contributed by atoms with E-state index in [1.54, 1.807) is 6.08 Å². The van der Waals surface area contributed by atoms with Crippen LogP contribution in [0.25, 0.3) is 0 Å². The predicted octanol–water partition coefficient (Wildman–Crippen LogP) is 3.51. The van der Waals surface area contributed by atoms with Crippen LogP contribution in [-0.2, 0) is 27.5 Å². The van der Waals surface area contributed by atoms with Crippen LogP contribution < -0.4 is 5.32 Å². The lowest BCUT2D eigenvalue weighted by Gasteiger charge is -2.29. The highest BCUT2D eigenvalue weighted by Gasteiger charge is 2.28. The molecule has 0 aromatic heterocycles. The van der Waals surface area contributed by atoms with Crippen LogP contribution in [0.1, 0.15) is 29.0 Å². The van der Waals surface area contributed by atoms with Crippen molar-refractivity contribution in [3.05, 3.63) is 82.1 Å². The molecule has 5 nitrogen and oxygen atoms in total. The second-order valence-electron chi connectivity index (χ2n) is 6.64. The number of carbonyl (C=O) groups is 1. The summed E-state index contributed by atoms with van der Waals surface area (Å²) >= 11 is 5.99. The molecule has 1 heterocycles. The van der Waals surface area contributed by atoms with Crippen LogP contribution >= 0.6 is 11.6 Å². The molecule has 29 heavy (non-hydrogen) atoms. The van der Waals surface area contributed by atoms with Crippen molar-refractivity contribution < 1.29 is 19.4 Å². The zero-order valence-corrected chi connectivity index (χ0v) is 16.6. The first-order valence-electron chi connectivity index (χ1n) is 9.25. The average Bonchev–Trinajstić information content (AvgIpc) is 2.76. The fraction of sp³-hybridized carbons (Fsp3) is 0.261. The molecular weight excluding hydrogens is 390 g/mol. The van der Waals surface area contributed by atoms with E-state index in [0.29, 0.717) is 18.1 Å². The van der Waals surface area contributed by atoms with Gasteiger partial charge in [-0.3, -0.25) is 4.79 Å². The first kappa shape index (κ1) is 20.9. The van der Waals surface area contributed by atoms with Gasteiger partial charge in [0.2, 0.25) is 6.29 Å². The first-order chi connectivity index (χ1) is 14.1. The summed E-state index contributed by atoms with van der Waals surface area (Å²) in [7, 11) is 0. The molecule has 0 aliphatic carbocycles. The fourth-order valence-electron chi connectivity index (χ4n) is 3.01. The highest BCUT2D eigenvalue weighted by atomic mass is 35.5. The van der Waals surface area contributed by atoms with Crippen LogP contribution in [0, 0.1) is 12.3 Å². The zero-order chi connectivity index (χ0) is 20.6. The molecule has 0 spiro atoms. The van der Waals surface area contributed by atoms with Crippen LogP contribution in [0.5, 0.6) is 0 Å². The number of hydrogen-bond donors (Lipinski definition) is 2. The van der Waals surface area contributed by atoms with Gasteiger partial charge in [0.05, 0.1) is 19.8 Å². The number of halogens is 1. The highest BCUT2D eigenvalue weighted by molar-refractivity contribution is 6.30. The minimum atomic E-state index is -0.593. The number of rotatable bonds is 7. The summed E-state index contributed by atoms with van der Waals surface area (Å²) in [5, 5.41) is 12.4. The van der Waals surface area contributed by atoms with Gasteiger partial charge in [-0.15, -0.1) is 6.42 Å². The van der Waals surface area contributed by atoms with Crippen molar-refractivity contribution in [1.82, 2.24) is 5.32 Å². The Hall–Kier alpha value is -2.78. The quantitative estimate of drug-likeness (QED) is 0.684. The molecule has 2 aromatic carbocycles. The lowest BCUT2D eigenvalue weighted by molar-refractivity contribution is -0.150. The van der Waals surface area contributed by atoms with Crippen molar-refractivity contribution in [2.75, 3.05) is 6.54 Å². The van der Waals surface area contributed by atoms with Crippen LogP contribution in [-0.4, -0.2) is 23.8 Å². The van der Waals surface area contributed by atoms with Crippen LogP contribution in [0.2, 0.25) is 5.02 Å². The van der Waals surface area contributed by atoms with Crippen LogP contribution in [0.3, 0.4) is 0 Å². The Bertz CT molecular complexity index is 900. The maximum absolute atomic E-state index is 12.4. The molecule has 1 aliphatic heterocycles. The molecule has 2 atom stereocenters. The fourth-order valence-corrected chi connectivity index (χ4v) is 3.14. The van der Waals surface area contributed by atoms with E-state index in [-0.39, 0.29) is 30.7 Å². The van der Waals surface area contributed by atoms with Gasteiger partial charge in [-0.1, -0.05) is 53.9 Å². The van der Waals surface area contributed by atoms with Crippen molar-refractivity contribution in [3.8, 4) is 12.3 Å². The van der Waals surface area contributed by atoms with E-state index in [1.165, 1.54) is 0 Å². The van der Waals surface area contributed by atoms with E-state index in [1.807, 2.05) is 48.5 Å². The number of terminal acetylenes is 1. The standard InChI is InChI=1S/C23H22ClNO4/c1-2-11-25-23(27)21-12-19(18-7-9-20(24)10-8-18)13-22(29-21)28-15-17-5-3-16(14-26)4-6-17/h1,3-10,12,19,22,26H,11,13-15H2,(H,25,27)/t19-,22+/m1/s1. The zero-order valence-electron chi connectivity index (χ0n) is 15.8. The molecule has 0 saturated carbocycles. The lowest BCUT2D eigenvalue weighted by Crippen LogP contribution is -2.33. The van der Waals surface area contributed by atoms with E-state index in [9.17, 15) is 4.79 Å². The summed E-state index contributed by atoms with van der Waals surface area (Å²) in [5.41, 5.74) is 2.79. The molecular formula is C23H22ClNO4. The third-order valence-electron chi connectivity index (χ3n) is 4.57. The number of amides is 1. The SMILES string of the molecule is C#CCNC(=O)C1=C[C@@H](c2ccc(Cl)cc2)C[C@@H](OCc2ccc(CO)cc2)O1. The predicted molar refractivity (Wildman–Crippen MR) is 111 cm³/mol. The van der Waals surface area contributed by atoms with E-state index in [2.05, 4.69) is 11.2 Å². The summed E-state index contributed by atoms with van der Waals surface area (Å²) in [6.45, 7) is 0.438.